The number of rotatable bonds is 8. The van der Waals surface area contributed by atoms with Crippen LogP contribution in [0.5, 0.6) is 0 Å². The predicted octanol–water partition coefficient (Wildman–Crippen LogP) is 3.38. The van der Waals surface area contributed by atoms with Crippen molar-refractivity contribution in [2.45, 2.75) is 18.2 Å². The Labute approximate surface area is 170 Å². The maximum Gasteiger partial charge on any atom is 0.240 e. The van der Waals surface area contributed by atoms with Crippen LogP contribution >= 0.6 is 22.7 Å². The van der Waals surface area contributed by atoms with E-state index in [1.54, 1.807) is 11.3 Å². The fraction of sp³-hybridized carbons (Fsp3) is 0.167. The summed E-state index contributed by atoms with van der Waals surface area (Å²) in [5.74, 6) is -0.472. The molecule has 0 radical (unpaired) electrons. The second kappa shape index (κ2) is 8.74. The lowest BCUT2D eigenvalue weighted by atomic mass is 10.2. The molecule has 28 heavy (non-hydrogen) atoms. The van der Waals surface area contributed by atoms with E-state index in [9.17, 15) is 18.0 Å². The van der Waals surface area contributed by atoms with Crippen molar-refractivity contribution in [2.24, 2.45) is 0 Å². The number of thiophene rings is 1. The molecule has 0 aliphatic rings. The molecule has 0 spiro atoms. The van der Waals surface area contributed by atoms with Crippen LogP contribution in [-0.4, -0.2) is 31.6 Å². The third-order valence-electron chi connectivity index (χ3n) is 3.74. The van der Waals surface area contributed by atoms with Gasteiger partial charge in [-0.25, -0.2) is 18.1 Å². The first-order chi connectivity index (χ1) is 13.3. The van der Waals surface area contributed by atoms with Crippen molar-refractivity contribution in [3.05, 3.63) is 52.7 Å². The van der Waals surface area contributed by atoms with Crippen molar-refractivity contribution in [3.63, 3.8) is 0 Å². The van der Waals surface area contributed by atoms with E-state index in [0.717, 1.165) is 10.6 Å². The van der Waals surface area contributed by atoms with E-state index >= 15 is 0 Å². The third kappa shape index (κ3) is 5.10. The molecule has 0 fully saturated rings. The van der Waals surface area contributed by atoms with Crippen LogP contribution in [-0.2, 0) is 14.8 Å². The summed E-state index contributed by atoms with van der Waals surface area (Å²) in [5.41, 5.74) is 1.23. The Bertz CT molecular complexity index is 1070. The normalized spacial score (nSPS) is 11.3. The summed E-state index contributed by atoms with van der Waals surface area (Å²) in [6.07, 6.45) is -0.0291. The molecule has 1 aromatic carbocycles. The van der Waals surface area contributed by atoms with Crippen molar-refractivity contribution in [1.82, 2.24) is 9.71 Å². The summed E-state index contributed by atoms with van der Waals surface area (Å²) >= 11 is 2.87. The molecule has 0 atom stereocenters. The van der Waals surface area contributed by atoms with Crippen LogP contribution in [0.4, 0.5) is 5.13 Å². The van der Waals surface area contributed by atoms with Gasteiger partial charge in [-0.3, -0.25) is 9.59 Å². The second-order valence-corrected chi connectivity index (χ2v) is 9.36. The number of hydrogen-bond donors (Lipinski definition) is 2. The molecule has 0 saturated heterocycles. The number of amides is 1. The highest BCUT2D eigenvalue weighted by Gasteiger charge is 2.15. The number of benzene rings is 1. The molecule has 0 saturated carbocycles. The van der Waals surface area contributed by atoms with E-state index in [2.05, 4.69) is 15.0 Å². The number of nitrogens with zero attached hydrogens (tertiary/aromatic N) is 1. The van der Waals surface area contributed by atoms with E-state index in [1.165, 1.54) is 42.5 Å². The molecule has 2 aromatic heterocycles. The quantitative estimate of drug-likeness (QED) is 0.528. The topological polar surface area (TPSA) is 105 Å². The second-order valence-electron chi connectivity index (χ2n) is 5.79. The average molecular weight is 436 g/mol. The molecule has 7 nitrogen and oxygen atoms in total. The molecule has 2 heterocycles. The maximum atomic E-state index is 12.3. The molecule has 146 valence electrons. The van der Waals surface area contributed by atoms with Crippen molar-refractivity contribution in [2.75, 3.05) is 11.9 Å². The third-order valence-corrected chi connectivity index (χ3v) is 6.87. The zero-order valence-electron chi connectivity index (χ0n) is 14.8. The average Bonchev–Trinajstić information content (AvgIpc) is 3.33. The number of hydrogen-bond acceptors (Lipinski definition) is 7. The number of anilines is 1. The summed E-state index contributed by atoms with van der Waals surface area (Å²) in [4.78, 5) is 28.7. The standard InChI is InChI=1S/C18H17N3O4S3/c1-12(22)13-4-6-14(7-5-13)28(24,25)19-9-8-17(23)21-18-20-15(11-27-18)16-3-2-10-26-16/h2-7,10-11,19H,8-9H2,1H3,(H,20,21,23). The van der Waals surface area contributed by atoms with E-state index in [1.807, 2.05) is 22.9 Å². The molecule has 0 unspecified atom stereocenters. The number of carbonyl (C=O) groups is 2. The van der Waals surface area contributed by atoms with E-state index in [-0.39, 0.29) is 29.6 Å². The minimum atomic E-state index is -3.75. The van der Waals surface area contributed by atoms with Gasteiger partial charge in [0.1, 0.15) is 0 Å². The van der Waals surface area contributed by atoms with Gasteiger partial charge >= 0.3 is 0 Å². The Morgan fingerprint density at radius 1 is 1.11 bits per heavy atom. The van der Waals surface area contributed by atoms with E-state index in [0.29, 0.717) is 10.7 Å². The predicted molar refractivity (Wildman–Crippen MR) is 110 cm³/mol. The van der Waals surface area contributed by atoms with Crippen LogP contribution < -0.4 is 10.0 Å². The summed E-state index contributed by atoms with van der Waals surface area (Å²) in [6, 6.07) is 9.51. The summed E-state index contributed by atoms with van der Waals surface area (Å²) in [5, 5.41) is 6.95. The highest BCUT2D eigenvalue weighted by atomic mass is 32.2. The molecule has 3 rings (SSSR count). The van der Waals surface area contributed by atoms with Crippen LogP contribution in [0.2, 0.25) is 0 Å². The molecule has 2 N–H and O–H groups in total. The van der Waals surface area contributed by atoms with Crippen LogP contribution in [0.1, 0.15) is 23.7 Å². The fourth-order valence-corrected chi connectivity index (χ4v) is 4.82. The smallest absolute Gasteiger partial charge is 0.240 e. The van der Waals surface area contributed by atoms with Gasteiger partial charge in [-0.1, -0.05) is 18.2 Å². The first-order valence-electron chi connectivity index (χ1n) is 8.25. The van der Waals surface area contributed by atoms with Crippen molar-refractivity contribution >= 4 is 49.5 Å². The number of nitrogens with one attached hydrogen (secondary N) is 2. The minimum absolute atomic E-state index is 0.0291. The Hall–Kier alpha value is -2.40. The number of carbonyl (C=O) groups excluding carboxylic acids is 2. The Balaban J connectivity index is 1.51. The van der Waals surface area contributed by atoms with Gasteiger partial charge in [0.15, 0.2) is 10.9 Å². The van der Waals surface area contributed by atoms with Gasteiger partial charge in [-0.15, -0.1) is 22.7 Å². The monoisotopic (exact) mass is 435 g/mol. The molecule has 3 aromatic rings. The van der Waals surface area contributed by atoms with Crippen molar-refractivity contribution < 1.29 is 18.0 Å². The van der Waals surface area contributed by atoms with Gasteiger partial charge in [0.25, 0.3) is 0 Å². The number of sulfonamides is 1. The molecular weight excluding hydrogens is 418 g/mol. The lowest BCUT2D eigenvalue weighted by Crippen LogP contribution is -2.27. The fourth-order valence-electron chi connectivity index (χ4n) is 2.30. The van der Waals surface area contributed by atoms with Crippen LogP contribution in [0.3, 0.4) is 0 Å². The minimum Gasteiger partial charge on any atom is -0.302 e. The summed E-state index contributed by atoms with van der Waals surface area (Å²) < 4.78 is 26.9. The molecule has 0 bridgehead atoms. The molecular formula is C18H17N3O4S3. The zero-order chi connectivity index (χ0) is 20.1. The Morgan fingerprint density at radius 3 is 2.50 bits per heavy atom. The van der Waals surface area contributed by atoms with Crippen LogP contribution in [0.15, 0.2) is 52.1 Å². The van der Waals surface area contributed by atoms with Gasteiger partial charge in [0, 0.05) is 23.9 Å². The van der Waals surface area contributed by atoms with Gasteiger partial charge in [0.05, 0.1) is 15.5 Å². The Kier molecular flexibility index (Phi) is 6.35. The first-order valence-corrected chi connectivity index (χ1v) is 11.5. The first kappa shape index (κ1) is 20.3. The van der Waals surface area contributed by atoms with Gasteiger partial charge in [-0.2, -0.15) is 0 Å². The highest BCUT2D eigenvalue weighted by molar-refractivity contribution is 7.89. The van der Waals surface area contributed by atoms with E-state index in [4.69, 9.17) is 0 Å². The van der Waals surface area contributed by atoms with Gasteiger partial charge in [0.2, 0.25) is 15.9 Å². The Morgan fingerprint density at radius 2 is 1.86 bits per heavy atom. The number of Topliss-reactive ketones (excluding diaryl/α,β-unsaturated/α-hetero) is 1. The van der Waals surface area contributed by atoms with Crippen molar-refractivity contribution in [3.8, 4) is 10.6 Å². The molecule has 0 aliphatic carbocycles. The lowest BCUT2D eigenvalue weighted by Gasteiger charge is -2.07. The van der Waals surface area contributed by atoms with Crippen LogP contribution in [0, 0.1) is 0 Å². The largest absolute Gasteiger partial charge is 0.302 e. The molecule has 0 aliphatic heterocycles. The maximum absolute atomic E-state index is 12.3. The summed E-state index contributed by atoms with van der Waals surface area (Å²) in [6.45, 7) is 1.36. The molecule has 10 heteroatoms. The van der Waals surface area contributed by atoms with Crippen molar-refractivity contribution in [1.29, 1.82) is 0 Å². The summed E-state index contributed by atoms with van der Waals surface area (Å²) in [7, 11) is -3.75. The number of thiazole rings is 1. The SMILES string of the molecule is CC(=O)c1ccc(S(=O)(=O)NCCC(=O)Nc2nc(-c3cccs3)cs2)cc1. The van der Waals surface area contributed by atoms with Gasteiger partial charge in [-0.05, 0) is 30.5 Å². The zero-order valence-corrected chi connectivity index (χ0v) is 17.3. The number of aromatic nitrogens is 1. The number of ketones is 1. The van der Waals surface area contributed by atoms with Gasteiger partial charge < -0.3 is 5.32 Å². The lowest BCUT2D eigenvalue weighted by molar-refractivity contribution is -0.116. The molecule has 1 amide bonds. The van der Waals surface area contributed by atoms with Crippen LogP contribution in [0.25, 0.3) is 10.6 Å². The van der Waals surface area contributed by atoms with E-state index < -0.39 is 10.0 Å². The highest BCUT2D eigenvalue weighted by Crippen LogP contribution is 2.28.